The number of amides is 1. The first-order valence-corrected chi connectivity index (χ1v) is 7.58. The van der Waals surface area contributed by atoms with E-state index in [9.17, 15) is 14.0 Å². The van der Waals surface area contributed by atoms with Crippen LogP contribution in [0, 0.1) is 12.7 Å². The van der Waals surface area contributed by atoms with Gasteiger partial charge in [-0.2, -0.15) is 0 Å². The van der Waals surface area contributed by atoms with Gasteiger partial charge in [0.05, 0.1) is 11.1 Å². The highest BCUT2D eigenvalue weighted by Gasteiger charge is 2.24. The molecule has 0 bridgehead atoms. The molecule has 0 radical (unpaired) electrons. The number of esters is 1. The third-order valence-corrected chi connectivity index (χ3v) is 3.72. The monoisotopic (exact) mass is 338 g/mol. The Kier molecular flexibility index (Phi) is 4.43. The van der Waals surface area contributed by atoms with Gasteiger partial charge in [0.1, 0.15) is 5.82 Å². The maximum atomic E-state index is 13.1. The van der Waals surface area contributed by atoms with E-state index in [2.05, 4.69) is 4.98 Å². The largest absolute Gasteiger partial charge is 0.444 e. The molecule has 25 heavy (non-hydrogen) atoms. The first kappa shape index (κ1) is 16.6. The lowest BCUT2D eigenvalue weighted by atomic mass is 10.1. The van der Waals surface area contributed by atoms with Crippen molar-refractivity contribution in [2.24, 2.45) is 5.73 Å². The fourth-order valence-electron chi connectivity index (χ4n) is 2.58. The fourth-order valence-corrected chi connectivity index (χ4v) is 2.58. The second-order valence-corrected chi connectivity index (χ2v) is 5.57. The Morgan fingerprint density at radius 3 is 2.48 bits per heavy atom. The summed E-state index contributed by atoms with van der Waals surface area (Å²) in [5.41, 5.74) is 7.23. The van der Waals surface area contributed by atoms with Crippen molar-refractivity contribution in [3.8, 4) is 0 Å². The van der Waals surface area contributed by atoms with Crippen LogP contribution in [0.4, 0.5) is 4.39 Å². The predicted octanol–water partition coefficient (Wildman–Crippen LogP) is 3.07. The van der Waals surface area contributed by atoms with Gasteiger partial charge in [-0.15, -0.1) is 0 Å². The number of fused-ring (bicyclic) bond motifs is 1. The van der Waals surface area contributed by atoms with Crippen molar-refractivity contribution >= 4 is 22.8 Å². The van der Waals surface area contributed by atoms with Gasteiger partial charge in [0.2, 0.25) is 6.10 Å². The molecule has 1 heterocycles. The van der Waals surface area contributed by atoms with Crippen LogP contribution in [-0.4, -0.2) is 16.9 Å². The van der Waals surface area contributed by atoms with Crippen molar-refractivity contribution in [1.82, 2.24) is 4.98 Å². The highest BCUT2D eigenvalue weighted by molar-refractivity contribution is 6.04. The number of rotatable bonds is 4. The minimum Gasteiger partial charge on any atom is -0.444 e. The van der Waals surface area contributed by atoms with Gasteiger partial charge in [-0.3, -0.25) is 9.78 Å². The SMILES string of the molecule is Cc1cc(C(=O)O[C@@H](C(N)=O)c2ccc(F)cc2)c2ccccc2n1. The average Bonchev–Trinajstić information content (AvgIpc) is 2.59. The molecule has 0 unspecified atom stereocenters. The van der Waals surface area contributed by atoms with E-state index >= 15 is 0 Å². The molecule has 3 rings (SSSR count). The van der Waals surface area contributed by atoms with Gasteiger partial charge in [-0.05, 0) is 31.2 Å². The molecule has 0 aliphatic heterocycles. The topological polar surface area (TPSA) is 82.3 Å². The maximum Gasteiger partial charge on any atom is 0.340 e. The zero-order chi connectivity index (χ0) is 18.0. The first-order valence-electron chi connectivity index (χ1n) is 7.58. The number of ether oxygens (including phenoxy) is 1. The van der Waals surface area contributed by atoms with E-state index in [1.807, 2.05) is 6.07 Å². The third-order valence-electron chi connectivity index (χ3n) is 3.72. The average molecular weight is 338 g/mol. The van der Waals surface area contributed by atoms with Crippen LogP contribution in [0.1, 0.15) is 27.7 Å². The number of nitrogens with zero attached hydrogens (tertiary/aromatic N) is 1. The minimum atomic E-state index is -1.31. The number of hydrogen-bond donors (Lipinski definition) is 1. The van der Waals surface area contributed by atoms with Gasteiger partial charge in [-0.25, -0.2) is 9.18 Å². The zero-order valence-electron chi connectivity index (χ0n) is 13.4. The molecular formula is C19H15FN2O3. The molecule has 0 saturated heterocycles. The van der Waals surface area contributed by atoms with Crippen molar-refractivity contribution in [3.63, 3.8) is 0 Å². The number of hydrogen-bond acceptors (Lipinski definition) is 4. The van der Waals surface area contributed by atoms with Gasteiger partial charge in [0.15, 0.2) is 0 Å². The summed E-state index contributed by atoms with van der Waals surface area (Å²) >= 11 is 0. The molecule has 3 aromatic rings. The van der Waals surface area contributed by atoms with E-state index in [1.165, 1.54) is 24.3 Å². The minimum absolute atomic E-state index is 0.288. The molecule has 0 fully saturated rings. The number of carbonyl (C=O) groups is 2. The third kappa shape index (κ3) is 3.47. The van der Waals surface area contributed by atoms with Gasteiger partial charge in [-0.1, -0.05) is 30.3 Å². The van der Waals surface area contributed by atoms with E-state index in [1.54, 1.807) is 31.2 Å². The lowest BCUT2D eigenvalue weighted by molar-refractivity contribution is -0.127. The second kappa shape index (κ2) is 6.68. The van der Waals surface area contributed by atoms with Crippen LogP contribution in [0.15, 0.2) is 54.6 Å². The summed E-state index contributed by atoms with van der Waals surface area (Å²) in [4.78, 5) is 28.7. The normalized spacial score (nSPS) is 11.9. The molecule has 0 aliphatic rings. The van der Waals surface area contributed by atoms with Crippen LogP contribution < -0.4 is 5.73 Å². The van der Waals surface area contributed by atoms with Crippen LogP contribution in [-0.2, 0) is 9.53 Å². The summed E-state index contributed by atoms with van der Waals surface area (Å²) in [5, 5.41) is 0.612. The number of carbonyl (C=O) groups excluding carboxylic acids is 2. The number of benzene rings is 2. The molecule has 126 valence electrons. The Bertz CT molecular complexity index is 955. The van der Waals surface area contributed by atoms with Crippen LogP contribution in [0.5, 0.6) is 0 Å². The fraction of sp³-hybridized carbons (Fsp3) is 0.105. The van der Waals surface area contributed by atoms with E-state index in [0.717, 1.165) is 0 Å². The molecule has 5 nitrogen and oxygen atoms in total. The summed E-state index contributed by atoms with van der Waals surface area (Å²) in [6.07, 6.45) is -1.31. The highest BCUT2D eigenvalue weighted by Crippen LogP contribution is 2.23. The summed E-state index contributed by atoms with van der Waals surface area (Å²) in [5.74, 6) is -2.00. The second-order valence-electron chi connectivity index (χ2n) is 5.57. The highest BCUT2D eigenvalue weighted by atomic mass is 19.1. The maximum absolute atomic E-state index is 13.1. The van der Waals surface area contributed by atoms with Crippen molar-refractivity contribution in [2.45, 2.75) is 13.0 Å². The van der Waals surface area contributed by atoms with Crippen LogP contribution >= 0.6 is 0 Å². The van der Waals surface area contributed by atoms with E-state index in [0.29, 0.717) is 22.2 Å². The number of aromatic nitrogens is 1. The molecular weight excluding hydrogens is 323 g/mol. The Morgan fingerprint density at radius 1 is 1.12 bits per heavy atom. The number of primary amides is 1. The van der Waals surface area contributed by atoms with E-state index < -0.39 is 23.8 Å². The molecule has 1 amide bonds. The van der Waals surface area contributed by atoms with E-state index in [4.69, 9.17) is 10.5 Å². The lowest BCUT2D eigenvalue weighted by Crippen LogP contribution is -2.26. The smallest absolute Gasteiger partial charge is 0.340 e. The summed E-state index contributed by atoms with van der Waals surface area (Å²) in [6, 6.07) is 13.8. The van der Waals surface area contributed by atoms with Crippen LogP contribution in [0.25, 0.3) is 10.9 Å². The van der Waals surface area contributed by atoms with Gasteiger partial charge in [0.25, 0.3) is 5.91 Å². The number of halogens is 1. The van der Waals surface area contributed by atoms with Crippen molar-refractivity contribution in [2.75, 3.05) is 0 Å². The molecule has 1 aromatic heterocycles. The summed E-state index contributed by atoms with van der Waals surface area (Å²) in [7, 11) is 0. The standard InChI is InChI=1S/C19H15FN2O3/c1-11-10-15(14-4-2-3-5-16(14)22-11)19(24)25-17(18(21)23)12-6-8-13(20)9-7-12/h2-10,17H,1H3,(H2,21,23)/t17-/m1/s1. The van der Waals surface area contributed by atoms with Gasteiger partial charge in [0, 0.05) is 16.6 Å². The van der Waals surface area contributed by atoms with Crippen LogP contribution in [0.3, 0.4) is 0 Å². The Hall–Kier alpha value is -3.28. The Morgan fingerprint density at radius 2 is 1.80 bits per heavy atom. The van der Waals surface area contributed by atoms with E-state index in [-0.39, 0.29) is 5.56 Å². The van der Waals surface area contributed by atoms with Crippen LogP contribution in [0.2, 0.25) is 0 Å². The quantitative estimate of drug-likeness (QED) is 0.741. The molecule has 0 spiro atoms. The Labute approximate surface area is 143 Å². The Balaban J connectivity index is 1.97. The van der Waals surface area contributed by atoms with Crippen molar-refractivity contribution in [1.29, 1.82) is 0 Å². The van der Waals surface area contributed by atoms with Gasteiger partial charge >= 0.3 is 5.97 Å². The first-order chi connectivity index (χ1) is 12.0. The van der Waals surface area contributed by atoms with Crippen molar-refractivity contribution < 1.29 is 18.7 Å². The molecule has 2 aromatic carbocycles. The molecule has 1 atom stereocenters. The summed E-state index contributed by atoms with van der Waals surface area (Å²) < 4.78 is 18.4. The predicted molar refractivity (Wildman–Crippen MR) is 90.2 cm³/mol. The van der Waals surface area contributed by atoms with Crippen molar-refractivity contribution in [3.05, 3.63) is 77.2 Å². The molecule has 0 aliphatic carbocycles. The summed E-state index contributed by atoms with van der Waals surface area (Å²) in [6.45, 7) is 1.76. The molecule has 2 N–H and O–H groups in total. The lowest BCUT2D eigenvalue weighted by Gasteiger charge is -2.16. The number of aryl methyl sites for hydroxylation is 1. The molecule has 6 heteroatoms. The molecule has 0 saturated carbocycles. The van der Waals surface area contributed by atoms with Gasteiger partial charge < -0.3 is 10.5 Å². The number of para-hydroxylation sites is 1. The number of nitrogens with two attached hydrogens (primary N) is 1. The number of pyridine rings is 1. The zero-order valence-corrected chi connectivity index (χ0v) is 13.4.